The Morgan fingerprint density at radius 2 is 1.68 bits per heavy atom. The smallest absolute Gasteiger partial charge is 0.172 e. The summed E-state index contributed by atoms with van der Waals surface area (Å²) < 4.78 is 16.7. The first-order valence-corrected chi connectivity index (χ1v) is 8.22. The lowest BCUT2D eigenvalue weighted by molar-refractivity contribution is 0.445. The van der Waals surface area contributed by atoms with E-state index in [1.165, 1.54) is 37.7 Å². The fourth-order valence-electron chi connectivity index (χ4n) is 2.92. The van der Waals surface area contributed by atoms with Crippen LogP contribution in [-0.2, 0) is 11.0 Å². The van der Waals surface area contributed by atoms with Crippen LogP contribution in [0.1, 0.15) is 48.8 Å². The highest BCUT2D eigenvalue weighted by Crippen LogP contribution is 2.24. The van der Waals surface area contributed by atoms with E-state index in [0.717, 1.165) is 16.0 Å². The van der Waals surface area contributed by atoms with E-state index in [9.17, 15) is 4.21 Å². The van der Waals surface area contributed by atoms with Crippen LogP contribution >= 0.6 is 0 Å². The summed E-state index contributed by atoms with van der Waals surface area (Å²) in [7, 11) is -1.25. The first kappa shape index (κ1) is 14.4. The number of nitrogens with zero attached hydrogens (tertiary/aromatic N) is 1. The van der Waals surface area contributed by atoms with Crippen molar-refractivity contribution in [1.29, 1.82) is 0 Å². The molecule has 19 heavy (non-hydrogen) atoms. The van der Waals surface area contributed by atoms with E-state index < -0.39 is 11.0 Å². The third-order valence-electron chi connectivity index (χ3n) is 3.80. The predicted octanol–water partition coefficient (Wildman–Crippen LogP) is 4.29. The summed E-state index contributed by atoms with van der Waals surface area (Å²) in [5.41, 5.74) is 3.38. The summed E-state index contributed by atoms with van der Waals surface area (Å²) in [5, 5.41) is 0. The van der Waals surface area contributed by atoms with Gasteiger partial charge in [0, 0.05) is 6.21 Å². The van der Waals surface area contributed by atoms with Gasteiger partial charge in [0.1, 0.15) is 0 Å². The summed E-state index contributed by atoms with van der Waals surface area (Å²) in [4.78, 5) is 0.887. The molecule has 1 unspecified atom stereocenters. The molecule has 2 nitrogen and oxygen atoms in total. The molecule has 1 aromatic carbocycles. The van der Waals surface area contributed by atoms with Crippen LogP contribution in [0, 0.1) is 26.7 Å². The molecule has 0 aromatic heterocycles. The Balaban J connectivity index is 2.13. The summed E-state index contributed by atoms with van der Waals surface area (Å²) in [6.07, 6.45) is 8.24. The monoisotopic (exact) mass is 277 g/mol. The molecule has 0 N–H and O–H groups in total. The number of aryl methyl sites for hydroxylation is 3. The summed E-state index contributed by atoms with van der Waals surface area (Å²) in [5.74, 6) is 0.531. The van der Waals surface area contributed by atoms with Gasteiger partial charge in [0.15, 0.2) is 11.0 Å². The van der Waals surface area contributed by atoms with Crippen LogP contribution < -0.4 is 0 Å². The van der Waals surface area contributed by atoms with Crippen molar-refractivity contribution in [2.75, 3.05) is 0 Å². The molecule has 1 fully saturated rings. The first-order valence-electron chi connectivity index (χ1n) is 7.12. The lowest BCUT2D eigenvalue weighted by Crippen LogP contribution is -2.08. The van der Waals surface area contributed by atoms with Crippen molar-refractivity contribution in [3.8, 4) is 0 Å². The van der Waals surface area contributed by atoms with Crippen LogP contribution in [0.3, 0.4) is 0 Å². The maximum Gasteiger partial charge on any atom is 0.172 e. The first-order chi connectivity index (χ1) is 9.08. The van der Waals surface area contributed by atoms with Gasteiger partial charge in [0.25, 0.3) is 0 Å². The Morgan fingerprint density at radius 1 is 1.11 bits per heavy atom. The molecule has 1 saturated carbocycles. The van der Waals surface area contributed by atoms with Crippen LogP contribution in [0.4, 0.5) is 0 Å². The minimum absolute atomic E-state index is 0.531. The Bertz CT molecular complexity index is 478. The average molecular weight is 277 g/mol. The molecule has 1 atom stereocenters. The van der Waals surface area contributed by atoms with Gasteiger partial charge in [-0.1, -0.05) is 37.0 Å². The quantitative estimate of drug-likeness (QED) is 0.758. The molecule has 0 amide bonds. The second kappa shape index (κ2) is 6.47. The zero-order valence-electron chi connectivity index (χ0n) is 12.1. The van der Waals surface area contributed by atoms with Crippen molar-refractivity contribution in [3.63, 3.8) is 0 Å². The largest absolute Gasteiger partial charge is 0.229 e. The Labute approximate surface area is 118 Å². The number of rotatable bonds is 3. The Morgan fingerprint density at radius 3 is 2.26 bits per heavy atom. The van der Waals surface area contributed by atoms with Crippen LogP contribution in [0.2, 0.25) is 0 Å². The van der Waals surface area contributed by atoms with Crippen LogP contribution in [-0.4, -0.2) is 10.4 Å². The van der Waals surface area contributed by atoms with Crippen molar-refractivity contribution in [2.45, 2.75) is 57.8 Å². The molecule has 0 bridgehead atoms. The van der Waals surface area contributed by atoms with Crippen molar-refractivity contribution in [1.82, 2.24) is 0 Å². The number of hydrogen-bond acceptors (Lipinski definition) is 1. The summed E-state index contributed by atoms with van der Waals surface area (Å²) in [6, 6.07) is 4.16. The molecular weight excluding hydrogens is 254 g/mol. The minimum atomic E-state index is -1.25. The van der Waals surface area contributed by atoms with E-state index in [-0.39, 0.29) is 0 Å². The molecule has 1 aliphatic rings. The van der Waals surface area contributed by atoms with Crippen molar-refractivity contribution >= 4 is 17.2 Å². The van der Waals surface area contributed by atoms with Crippen molar-refractivity contribution in [3.05, 3.63) is 28.8 Å². The van der Waals surface area contributed by atoms with E-state index in [0.29, 0.717) is 5.92 Å². The molecule has 0 aliphatic heterocycles. The highest BCUT2D eigenvalue weighted by Gasteiger charge is 2.13. The highest BCUT2D eigenvalue weighted by atomic mass is 32.2. The maximum absolute atomic E-state index is 12.4. The van der Waals surface area contributed by atoms with Gasteiger partial charge in [0.2, 0.25) is 0 Å². The van der Waals surface area contributed by atoms with Gasteiger partial charge in [-0.15, -0.1) is 0 Å². The summed E-state index contributed by atoms with van der Waals surface area (Å²) >= 11 is 0. The molecule has 0 spiro atoms. The van der Waals surface area contributed by atoms with Gasteiger partial charge in [-0.2, -0.15) is 4.40 Å². The van der Waals surface area contributed by atoms with E-state index in [1.54, 1.807) is 0 Å². The van der Waals surface area contributed by atoms with Gasteiger partial charge >= 0.3 is 0 Å². The summed E-state index contributed by atoms with van der Waals surface area (Å²) in [6.45, 7) is 6.10. The van der Waals surface area contributed by atoms with Gasteiger partial charge < -0.3 is 0 Å². The van der Waals surface area contributed by atoms with E-state index in [1.807, 2.05) is 20.1 Å². The normalized spacial score (nSPS) is 18.9. The second-order valence-electron chi connectivity index (χ2n) is 5.63. The SMILES string of the molecule is Cc1cc(C)c(S(=O)/N=C/C2CCCCC2)c(C)c1. The fraction of sp³-hybridized carbons (Fsp3) is 0.562. The molecule has 1 aromatic rings. The van der Waals surface area contributed by atoms with Crippen molar-refractivity contribution in [2.24, 2.45) is 10.3 Å². The Kier molecular flexibility index (Phi) is 4.92. The van der Waals surface area contributed by atoms with Crippen molar-refractivity contribution < 1.29 is 4.21 Å². The van der Waals surface area contributed by atoms with Crippen LogP contribution in [0.25, 0.3) is 0 Å². The van der Waals surface area contributed by atoms with Crippen LogP contribution in [0.15, 0.2) is 21.4 Å². The zero-order valence-corrected chi connectivity index (χ0v) is 12.9. The zero-order chi connectivity index (χ0) is 13.8. The average Bonchev–Trinajstić information content (AvgIpc) is 2.36. The third-order valence-corrected chi connectivity index (χ3v) is 5.10. The van der Waals surface area contributed by atoms with E-state index in [2.05, 4.69) is 23.5 Å². The van der Waals surface area contributed by atoms with Gasteiger partial charge in [-0.3, -0.25) is 0 Å². The minimum Gasteiger partial charge on any atom is -0.229 e. The molecular formula is C16H23NOS. The van der Waals surface area contributed by atoms with Gasteiger partial charge in [-0.05, 0) is 50.7 Å². The Hall–Kier alpha value is -0.960. The molecule has 2 rings (SSSR count). The topological polar surface area (TPSA) is 29.4 Å². The number of benzene rings is 1. The van der Waals surface area contributed by atoms with E-state index >= 15 is 0 Å². The predicted molar refractivity (Wildman–Crippen MR) is 82.1 cm³/mol. The maximum atomic E-state index is 12.4. The molecule has 0 radical (unpaired) electrons. The second-order valence-corrected chi connectivity index (χ2v) is 6.75. The van der Waals surface area contributed by atoms with Gasteiger partial charge in [-0.25, -0.2) is 4.21 Å². The molecule has 3 heteroatoms. The lowest BCUT2D eigenvalue weighted by Gasteiger charge is -2.16. The third kappa shape index (κ3) is 3.75. The lowest BCUT2D eigenvalue weighted by atomic mass is 9.90. The fourth-order valence-corrected chi connectivity index (χ4v) is 3.98. The van der Waals surface area contributed by atoms with Crippen LogP contribution in [0.5, 0.6) is 0 Å². The standard InChI is InChI=1S/C16H23NOS/c1-12-9-13(2)16(14(3)10-12)19(18)17-11-15-7-5-4-6-8-15/h9-11,15H,4-8H2,1-3H3/b17-11+. The van der Waals surface area contributed by atoms with E-state index in [4.69, 9.17) is 0 Å². The highest BCUT2D eigenvalue weighted by molar-refractivity contribution is 7.84. The molecule has 104 valence electrons. The van der Waals surface area contributed by atoms with Gasteiger partial charge in [0.05, 0.1) is 4.90 Å². The number of hydrogen-bond donors (Lipinski definition) is 0. The molecule has 1 aliphatic carbocycles. The molecule has 0 saturated heterocycles. The molecule has 0 heterocycles.